The molecule has 0 aliphatic carbocycles. The molecule has 0 fully saturated rings. The maximum absolute atomic E-state index is 12.4. The van der Waals surface area contributed by atoms with E-state index < -0.39 is 11.6 Å². The summed E-state index contributed by atoms with van der Waals surface area (Å²) in [6.45, 7) is 8.50. The summed E-state index contributed by atoms with van der Waals surface area (Å²) < 4.78 is 10.6. The Kier molecular flexibility index (Phi) is 7.70. The van der Waals surface area contributed by atoms with Gasteiger partial charge in [-0.1, -0.05) is 30.3 Å². The second-order valence-corrected chi connectivity index (χ2v) is 7.44. The van der Waals surface area contributed by atoms with Crippen molar-refractivity contribution < 1.29 is 19.1 Å². The number of pyridine rings is 1. The molecule has 1 heterocycles. The number of benzene rings is 1. The van der Waals surface area contributed by atoms with E-state index in [1.54, 1.807) is 25.3 Å². The molecule has 0 spiro atoms. The first kappa shape index (κ1) is 21.6. The van der Waals surface area contributed by atoms with Crippen LogP contribution in [-0.2, 0) is 27.4 Å². The first-order chi connectivity index (χ1) is 13.3. The highest BCUT2D eigenvalue weighted by Crippen LogP contribution is 2.15. The van der Waals surface area contributed by atoms with E-state index in [-0.39, 0.29) is 12.5 Å². The average Bonchev–Trinajstić information content (AvgIpc) is 2.61. The highest BCUT2D eigenvalue weighted by atomic mass is 16.6. The van der Waals surface area contributed by atoms with Crippen LogP contribution in [0.5, 0.6) is 0 Å². The quantitative estimate of drug-likeness (QED) is 0.648. The van der Waals surface area contributed by atoms with Crippen LogP contribution in [0.4, 0.5) is 0 Å². The van der Waals surface area contributed by atoms with Gasteiger partial charge in [-0.05, 0) is 45.4 Å². The predicted molar refractivity (Wildman–Crippen MR) is 107 cm³/mol. The standard InChI is InChI=1S/C22H28N2O4/c1-5-27-21(26)18-12-9-13-23-19(18)15-24(14-17-10-7-6-8-11-17)16-20(25)28-22(2,3)4/h6-13H,5,14-16H2,1-4H3. The van der Waals surface area contributed by atoms with Crippen LogP contribution in [0.3, 0.4) is 0 Å². The Morgan fingerprint density at radius 2 is 1.75 bits per heavy atom. The Labute approximate surface area is 166 Å². The number of aromatic nitrogens is 1. The summed E-state index contributed by atoms with van der Waals surface area (Å²) in [5.74, 6) is -0.737. The van der Waals surface area contributed by atoms with Crippen LogP contribution in [-0.4, -0.2) is 40.6 Å². The van der Waals surface area contributed by atoms with Crippen molar-refractivity contribution in [3.63, 3.8) is 0 Å². The highest BCUT2D eigenvalue weighted by Gasteiger charge is 2.22. The van der Waals surface area contributed by atoms with Crippen LogP contribution < -0.4 is 0 Å². The molecule has 0 atom stereocenters. The largest absolute Gasteiger partial charge is 0.462 e. The Morgan fingerprint density at radius 3 is 2.39 bits per heavy atom. The molecule has 150 valence electrons. The Hall–Kier alpha value is -2.73. The number of hydrogen-bond donors (Lipinski definition) is 0. The summed E-state index contributed by atoms with van der Waals surface area (Å²) in [5, 5.41) is 0. The second-order valence-electron chi connectivity index (χ2n) is 7.44. The Balaban J connectivity index is 2.22. The van der Waals surface area contributed by atoms with Gasteiger partial charge in [0.05, 0.1) is 24.4 Å². The van der Waals surface area contributed by atoms with E-state index in [0.29, 0.717) is 31.0 Å². The summed E-state index contributed by atoms with van der Waals surface area (Å²) in [4.78, 5) is 30.9. The van der Waals surface area contributed by atoms with Crippen LogP contribution in [0, 0.1) is 0 Å². The zero-order chi connectivity index (χ0) is 20.6. The Morgan fingerprint density at radius 1 is 1.04 bits per heavy atom. The molecule has 28 heavy (non-hydrogen) atoms. The van der Waals surface area contributed by atoms with E-state index >= 15 is 0 Å². The lowest BCUT2D eigenvalue weighted by atomic mass is 10.1. The minimum Gasteiger partial charge on any atom is -0.462 e. The number of rotatable bonds is 8. The third-order valence-corrected chi connectivity index (χ3v) is 3.78. The monoisotopic (exact) mass is 384 g/mol. The van der Waals surface area contributed by atoms with Gasteiger partial charge in [0.1, 0.15) is 5.60 Å². The molecule has 1 aromatic heterocycles. The van der Waals surface area contributed by atoms with Crippen LogP contribution >= 0.6 is 0 Å². The minimum atomic E-state index is -0.559. The normalized spacial score (nSPS) is 11.3. The van der Waals surface area contributed by atoms with Crippen molar-refractivity contribution in [3.8, 4) is 0 Å². The van der Waals surface area contributed by atoms with Crippen molar-refractivity contribution in [3.05, 3.63) is 65.5 Å². The smallest absolute Gasteiger partial charge is 0.340 e. The van der Waals surface area contributed by atoms with Crippen molar-refractivity contribution >= 4 is 11.9 Å². The first-order valence-electron chi connectivity index (χ1n) is 9.37. The van der Waals surface area contributed by atoms with Gasteiger partial charge in [-0.15, -0.1) is 0 Å². The molecular formula is C22H28N2O4. The highest BCUT2D eigenvalue weighted by molar-refractivity contribution is 5.90. The van der Waals surface area contributed by atoms with Crippen LogP contribution in [0.2, 0.25) is 0 Å². The molecule has 0 N–H and O–H groups in total. The molecule has 0 unspecified atom stereocenters. The predicted octanol–water partition coefficient (Wildman–Crippen LogP) is 3.60. The van der Waals surface area contributed by atoms with E-state index in [4.69, 9.17) is 9.47 Å². The van der Waals surface area contributed by atoms with E-state index in [9.17, 15) is 9.59 Å². The van der Waals surface area contributed by atoms with E-state index in [2.05, 4.69) is 4.98 Å². The molecule has 6 heteroatoms. The molecule has 2 rings (SSSR count). The van der Waals surface area contributed by atoms with Crippen molar-refractivity contribution in [1.82, 2.24) is 9.88 Å². The van der Waals surface area contributed by atoms with Gasteiger partial charge in [-0.3, -0.25) is 14.7 Å². The summed E-state index contributed by atoms with van der Waals surface area (Å²) >= 11 is 0. The fraction of sp³-hybridized carbons (Fsp3) is 0.409. The molecule has 0 saturated heterocycles. The lowest BCUT2D eigenvalue weighted by molar-refractivity contribution is -0.156. The van der Waals surface area contributed by atoms with E-state index in [0.717, 1.165) is 5.56 Å². The van der Waals surface area contributed by atoms with Gasteiger partial charge in [-0.2, -0.15) is 0 Å². The molecule has 0 bridgehead atoms. The molecule has 2 aromatic rings. The molecule has 0 aliphatic heterocycles. The van der Waals surface area contributed by atoms with Gasteiger partial charge in [0, 0.05) is 19.3 Å². The molecule has 1 aromatic carbocycles. The maximum atomic E-state index is 12.4. The molecule has 0 aliphatic rings. The van der Waals surface area contributed by atoms with Gasteiger partial charge in [0.15, 0.2) is 0 Å². The number of carbonyl (C=O) groups excluding carboxylic acids is 2. The molecule has 0 radical (unpaired) electrons. The topological polar surface area (TPSA) is 68.7 Å². The lowest BCUT2D eigenvalue weighted by Gasteiger charge is -2.25. The summed E-state index contributed by atoms with van der Waals surface area (Å²) in [6.07, 6.45) is 1.63. The second kappa shape index (κ2) is 9.99. The number of carbonyl (C=O) groups is 2. The van der Waals surface area contributed by atoms with Crippen molar-refractivity contribution in [2.75, 3.05) is 13.2 Å². The van der Waals surface area contributed by atoms with Crippen molar-refractivity contribution in [2.24, 2.45) is 0 Å². The summed E-state index contributed by atoms with van der Waals surface area (Å²) in [5.41, 5.74) is 1.48. The number of ether oxygens (including phenoxy) is 2. The van der Waals surface area contributed by atoms with Gasteiger partial charge < -0.3 is 9.47 Å². The number of nitrogens with zero attached hydrogens (tertiary/aromatic N) is 2. The Bertz CT molecular complexity index is 785. The molecule has 0 saturated carbocycles. The third-order valence-electron chi connectivity index (χ3n) is 3.78. The van der Waals surface area contributed by atoms with E-state index in [1.165, 1.54) is 0 Å². The van der Waals surface area contributed by atoms with Gasteiger partial charge in [0.25, 0.3) is 0 Å². The number of esters is 2. The lowest BCUT2D eigenvalue weighted by Crippen LogP contribution is -2.35. The fourth-order valence-corrected chi connectivity index (χ4v) is 2.74. The van der Waals surface area contributed by atoms with Gasteiger partial charge in [-0.25, -0.2) is 4.79 Å². The zero-order valence-corrected chi connectivity index (χ0v) is 17.0. The van der Waals surface area contributed by atoms with E-state index in [1.807, 2.05) is 56.0 Å². The number of hydrogen-bond acceptors (Lipinski definition) is 6. The minimum absolute atomic E-state index is 0.0883. The molecule has 6 nitrogen and oxygen atoms in total. The van der Waals surface area contributed by atoms with Gasteiger partial charge in [0.2, 0.25) is 0 Å². The SMILES string of the molecule is CCOC(=O)c1cccnc1CN(CC(=O)OC(C)(C)C)Cc1ccccc1. The van der Waals surface area contributed by atoms with Gasteiger partial charge >= 0.3 is 11.9 Å². The summed E-state index contributed by atoms with van der Waals surface area (Å²) in [6, 6.07) is 13.2. The first-order valence-corrected chi connectivity index (χ1v) is 9.37. The van der Waals surface area contributed by atoms with Crippen LogP contribution in [0.1, 0.15) is 49.3 Å². The average molecular weight is 384 g/mol. The zero-order valence-electron chi connectivity index (χ0n) is 17.0. The van der Waals surface area contributed by atoms with Crippen LogP contribution in [0.15, 0.2) is 48.7 Å². The van der Waals surface area contributed by atoms with Crippen molar-refractivity contribution in [1.29, 1.82) is 0 Å². The third kappa shape index (κ3) is 7.12. The summed E-state index contributed by atoms with van der Waals surface area (Å²) in [7, 11) is 0. The molecular weight excluding hydrogens is 356 g/mol. The van der Waals surface area contributed by atoms with Crippen molar-refractivity contribution in [2.45, 2.75) is 46.4 Å². The molecule has 0 amide bonds. The van der Waals surface area contributed by atoms with Crippen LogP contribution in [0.25, 0.3) is 0 Å². The maximum Gasteiger partial charge on any atom is 0.340 e. The fourth-order valence-electron chi connectivity index (χ4n) is 2.74.